The first-order valence-corrected chi connectivity index (χ1v) is 8.06. The number of rotatable bonds is 7. The minimum atomic E-state index is -2.85. The predicted octanol–water partition coefficient (Wildman–Crippen LogP) is 2.20. The summed E-state index contributed by atoms with van der Waals surface area (Å²) in [7, 11) is 1.87. The summed E-state index contributed by atoms with van der Waals surface area (Å²) in [5.74, 6) is -0.108. The Morgan fingerprint density at radius 3 is 2.50 bits per heavy atom. The van der Waals surface area contributed by atoms with Gasteiger partial charge in [0.1, 0.15) is 18.4 Å². The van der Waals surface area contributed by atoms with Gasteiger partial charge in [-0.3, -0.25) is 4.79 Å². The number of hydrogen-bond donors (Lipinski definition) is 2. The summed E-state index contributed by atoms with van der Waals surface area (Å²) in [5, 5.41) is 11.9. The molecule has 136 valence electrons. The molecule has 0 fully saturated rings. The third-order valence-corrected chi connectivity index (χ3v) is 4.07. The number of halogens is 2. The molecular formula is C19H20F2N3O2+. The molecule has 2 rings (SSSR count). The van der Waals surface area contributed by atoms with E-state index in [0.29, 0.717) is 17.8 Å². The highest BCUT2D eigenvalue weighted by Gasteiger charge is 2.22. The summed E-state index contributed by atoms with van der Waals surface area (Å²) in [6.07, 6.45) is 0. The van der Waals surface area contributed by atoms with Crippen molar-refractivity contribution < 1.29 is 23.2 Å². The van der Waals surface area contributed by atoms with E-state index in [1.165, 1.54) is 12.1 Å². The number of likely N-dealkylation sites (N-methyl/N-ethyl adjacent to an activating group) is 1. The van der Waals surface area contributed by atoms with Crippen LogP contribution >= 0.6 is 0 Å². The lowest BCUT2D eigenvalue weighted by atomic mass is 10.1. The molecule has 5 nitrogen and oxygen atoms in total. The van der Waals surface area contributed by atoms with E-state index in [9.17, 15) is 13.6 Å². The number of quaternary nitrogens is 1. The van der Waals surface area contributed by atoms with Crippen LogP contribution in [0.4, 0.5) is 14.5 Å². The lowest BCUT2D eigenvalue weighted by Gasteiger charge is -2.21. The van der Waals surface area contributed by atoms with Crippen molar-refractivity contribution in [1.29, 1.82) is 5.26 Å². The van der Waals surface area contributed by atoms with Gasteiger partial charge >= 0.3 is 6.61 Å². The molecule has 1 amide bonds. The van der Waals surface area contributed by atoms with E-state index >= 15 is 0 Å². The zero-order chi connectivity index (χ0) is 19.1. The van der Waals surface area contributed by atoms with E-state index in [-0.39, 0.29) is 17.7 Å². The molecule has 0 radical (unpaired) electrons. The second kappa shape index (κ2) is 8.92. The fourth-order valence-corrected chi connectivity index (χ4v) is 2.42. The van der Waals surface area contributed by atoms with E-state index in [4.69, 9.17) is 5.26 Å². The van der Waals surface area contributed by atoms with Crippen molar-refractivity contribution in [3.8, 4) is 11.8 Å². The summed E-state index contributed by atoms with van der Waals surface area (Å²) in [6.45, 7) is -0.536. The average molecular weight is 360 g/mol. The Labute approximate surface area is 150 Å². The average Bonchev–Trinajstić information content (AvgIpc) is 2.62. The summed E-state index contributed by atoms with van der Waals surface area (Å²) in [6, 6.07) is 14.8. The van der Waals surface area contributed by atoms with Crippen LogP contribution in [0.1, 0.15) is 18.1 Å². The highest BCUT2D eigenvalue weighted by atomic mass is 19.3. The molecule has 0 aromatic heterocycles. The first-order chi connectivity index (χ1) is 12.4. The highest BCUT2D eigenvalue weighted by Crippen LogP contribution is 2.15. The van der Waals surface area contributed by atoms with E-state index in [1.54, 1.807) is 43.3 Å². The largest absolute Gasteiger partial charge is 0.435 e. The quantitative estimate of drug-likeness (QED) is 0.796. The van der Waals surface area contributed by atoms with Gasteiger partial charge in [-0.05, 0) is 43.3 Å². The summed E-state index contributed by atoms with van der Waals surface area (Å²) in [5.41, 5.74) is 1.77. The Bertz CT molecular complexity index is 788. The Morgan fingerprint density at radius 1 is 1.23 bits per heavy atom. The maximum absolute atomic E-state index is 12.4. The topological polar surface area (TPSA) is 66.6 Å². The zero-order valence-corrected chi connectivity index (χ0v) is 14.5. The third-order valence-electron chi connectivity index (χ3n) is 4.07. The molecule has 0 saturated heterocycles. The molecular weight excluding hydrogens is 340 g/mol. The van der Waals surface area contributed by atoms with Crippen LogP contribution < -0.4 is 15.0 Å². The molecule has 2 atom stereocenters. The number of anilines is 1. The molecule has 0 saturated carbocycles. The first kappa shape index (κ1) is 19.3. The number of amides is 1. The van der Waals surface area contributed by atoms with Crippen molar-refractivity contribution in [2.24, 2.45) is 0 Å². The van der Waals surface area contributed by atoms with Crippen LogP contribution in [-0.2, 0) is 11.3 Å². The molecule has 2 aromatic rings. The monoisotopic (exact) mass is 360 g/mol. The van der Waals surface area contributed by atoms with Gasteiger partial charge in [0, 0.05) is 5.56 Å². The van der Waals surface area contributed by atoms with Crippen LogP contribution in [0.25, 0.3) is 0 Å². The lowest BCUT2D eigenvalue weighted by Crippen LogP contribution is -3.12. The van der Waals surface area contributed by atoms with Gasteiger partial charge in [0.15, 0.2) is 6.04 Å². The summed E-state index contributed by atoms with van der Waals surface area (Å²) < 4.78 is 28.7. The molecule has 0 heterocycles. The SMILES string of the molecule is C[C@@H](C(=O)Nc1ccccc1C#N)[NH+](C)Cc1ccc(OC(F)F)cc1. The highest BCUT2D eigenvalue weighted by molar-refractivity contribution is 5.94. The van der Waals surface area contributed by atoms with Crippen molar-refractivity contribution in [2.75, 3.05) is 12.4 Å². The van der Waals surface area contributed by atoms with Crippen molar-refractivity contribution in [3.05, 3.63) is 59.7 Å². The molecule has 26 heavy (non-hydrogen) atoms. The predicted molar refractivity (Wildman–Crippen MR) is 92.9 cm³/mol. The number of hydrogen-bond acceptors (Lipinski definition) is 3. The number of nitrogens with one attached hydrogen (secondary N) is 2. The number of ether oxygens (including phenoxy) is 1. The fraction of sp³-hybridized carbons (Fsp3) is 0.263. The molecule has 2 aromatic carbocycles. The van der Waals surface area contributed by atoms with E-state index < -0.39 is 6.61 Å². The van der Waals surface area contributed by atoms with Crippen LogP contribution in [0.2, 0.25) is 0 Å². The van der Waals surface area contributed by atoms with Gasteiger partial charge in [0.2, 0.25) is 0 Å². The molecule has 0 aliphatic heterocycles. The smallest absolute Gasteiger partial charge is 0.387 e. The van der Waals surface area contributed by atoms with Crippen LogP contribution in [0.3, 0.4) is 0 Å². The van der Waals surface area contributed by atoms with Crippen molar-refractivity contribution in [2.45, 2.75) is 26.1 Å². The maximum Gasteiger partial charge on any atom is 0.387 e. The number of nitriles is 1. The van der Waals surface area contributed by atoms with Gasteiger partial charge in [0.05, 0.1) is 18.3 Å². The number of alkyl halides is 2. The first-order valence-electron chi connectivity index (χ1n) is 8.06. The van der Waals surface area contributed by atoms with Gasteiger partial charge < -0.3 is 15.0 Å². The Morgan fingerprint density at radius 2 is 1.88 bits per heavy atom. The number of carbonyl (C=O) groups is 1. The van der Waals surface area contributed by atoms with Crippen molar-refractivity contribution in [3.63, 3.8) is 0 Å². The van der Waals surface area contributed by atoms with Gasteiger partial charge in [-0.2, -0.15) is 14.0 Å². The summed E-state index contributed by atoms with van der Waals surface area (Å²) >= 11 is 0. The van der Waals surface area contributed by atoms with Gasteiger partial charge in [-0.15, -0.1) is 0 Å². The number of para-hydroxylation sites is 1. The molecule has 7 heteroatoms. The van der Waals surface area contributed by atoms with Crippen LogP contribution in [0.15, 0.2) is 48.5 Å². The second-order valence-corrected chi connectivity index (χ2v) is 5.91. The molecule has 0 aliphatic carbocycles. The minimum Gasteiger partial charge on any atom is -0.435 e. The van der Waals surface area contributed by atoms with Crippen LogP contribution in [0.5, 0.6) is 5.75 Å². The molecule has 0 aliphatic rings. The third kappa shape index (κ3) is 5.26. The van der Waals surface area contributed by atoms with Crippen molar-refractivity contribution >= 4 is 11.6 Å². The molecule has 0 bridgehead atoms. The Balaban J connectivity index is 1.97. The van der Waals surface area contributed by atoms with Crippen molar-refractivity contribution in [1.82, 2.24) is 0 Å². The Kier molecular flexibility index (Phi) is 6.64. The van der Waals surface area contributed by atoms with Crippen LogP contribution in [-0.4, -0.2) is 25.6 Å². The fourth-order valence-electron chi connectivity index (χ4n) is 2.42. The normalized spacial score (nSPS) is 12.9. The molecule has 2 N–H and O–H groups in total. The second-order valence-electron chi connectivity index (χ2n) is 5.91. The summed E-state index contributed by atoms with van der Waals surface area (Å²) in [4.78, 5) is 13.4. The Hall–Kier alpha value is -2.98. The maximum atomic E-state index is 12.4. The zero-order valence-electron chi connectivity index (χ0n) is 14.5. The number of nitrogens with zero attached hydrogens (tertiary/aromatic N) is 1. The van der Waals surface area contributed by atoms with E-state index in [1.807, 2.05) is 13.1 Å². The molecule has 0 spiro atoms. The van der Waals surface area contributed by atoms with Gasteiger partial charge in [0.25, 0.3) is 5.91 Å². The van der Waals surface area contributed by atoms with Gasteiger partial charge in [-0.1, -0.05) is 12.1 Å². The van der Waals surface area contributed by atoms with Gasteiger partial charge in [-0.25, -0.2) is 0 Å². The number of carbonyl (C=O) groups excluding carboxylic acids is 1. The van der Waals surface area contributed by atoms with Crippen LogP contribution in [0, 0.1) is 11.3 Å². The molecule has 1 unspecified atom stereocenters. The van der Waals surface area contributed by atoms with E-state index in [2.05, 4.69) is 10.1 Å². The standard InChI is InChI=1S/C19H19F2N3O2/c1-13(18(25)23-17-6-4-3-5-15(17)11-22)24(2)12-14-7-9-16(10-8-14)26-19(20)21/h3-10,13,19H,12H2,1-2H3,(H,23,25)/p+1/t13-/m0/s1. The van der Waals surface area contributed by atoms with E-state index in [0.717, 1.165) is 10.5 Å². The minimum absolute atomic E-state index is 0.0975. The number of benzene rings is 2. The lowest BCUT2D eigenvalue weighted by molar-refractivity contribution is -0.907.